The molecule has 1 aliphatic rings. The summed E-state index contributed by atoms with van der Waals surface area (Å²) in [6.45, 7) is 8.54. The molecule has 0 spiro atoms. The number of amides is 1. The second kappa shape index (κ2) is 6.54. The van der Waals surface area contributed by atoms with Gasteiger partial charge in [-0.05, 0) is 30.2 Å². The Morgan fingerprint density at radius 1 is 1.13 bits per heavy atom. The van der Waals surface area contributed by atoms with Gasteiger partial charge in [0.1, 0.15) is 11.4 Å². The largest absolute Gasteiger partial charge is 0.508 e. The van der Waals surface area contributed by atoms with Crippen molar-refractivity contribution in [2.75, 3.05) is 32.7 Å². The summed E-state index contributed by atoms with van der Waals surface area (Å²) in [4.78, 5) is 21.3. The van der Waals surface area contributed by atoms with Gasteiger partial charge < -0.3 is 10.0 Å². The van der Waals surface area contributed by atoms with E-state index in [0.29, 0.717) is 5.69 Å². The van der Waals surface area contributed by atoms with Crippen LogP contribution in [0.5, 0.6) is 5.75 Å². The molecule has 23 heavy (non-hydrogen) atoms. The van der Waals surface area contributed by atoms with Crippen LogP contribution in [0.25, 0.3) is 10.9 Å². The molecule has 2 heterocycles. The van der Waals surface area contributed by atoms with Gasteiger partial charge in [-0.15, -0.1) is 0 Å². The van der Waals surface area contributed by atoms with Crippen molar-refractivity contribution in [1.82, 2.24) is 14.8 Å². The normalized spacial score (nSPS) is 16.2. The Labute approximate surface area is 136 Å². The average Bonchev–Trinajstić information content (AvgIpc) is 2.54. The molecule has 1 N–H and O–H groups in total. The molecular formula is C18H22N3O2. The summed E-state index contributed by atoms with van der Waals surface area (Å²) in [6.07, 6.45) is 0. The van der Waals surface area contributed by atoms with Gasteiger partial charge in [0.2, 0.25) is 0 Å². The van der Waals surface area contributed by atoms with Crippen molar-refractivity contribution in [1.29, 1.82) is 0 Å². The predicted octanol–water partition coefficient (Wildman–Crippen LogP) is 2.31. The Balaban J connectivity index is 1.70. The van der Waals surface area contributed by atoms with Crippen molar-refractivity contribution >= 4 is 16.8 Å². The van der Waals surface area contributed by atoms with Crippen LogP contribution in [0, 0.1) is 5.92 Å². The molecule has 0 atom stereocenters. The van der Waals surface area contributed by atoms with Crippen LogP contribution < -0.4 is 0 Å². The lowest BCUT2D eigenvalue weighted by atomic mass is 10.1. The minimum atomic E-state index is -0.0168. The van der Waals surface area contributed by atoms with Gasteiger partial charge in [-0.25, -0.2) is 4.98 Å². The molecule has 1 saturated heterocycles. The van der Waals surface area contributed by atoms with Gasteiger partial charge in [0, 0.05) is 38.1 Å². The summed E-state index contributed by atoms with van der Waals surface area (Å²) in [6, 6.07) is 8.55. The van der Waals surface area contributed by atoms with Gasteiger partial charge in [0.25, 0.3) is 5.91 Å². The number of phenols is 1. The lowest BCUT2D eigenvalue weighted by molar-refractivity contribution is 0.0637. The van der Waals surface area contributed by atoms with Gasteiger partial charge in [0.05, 0.1) is 5.52 Å². The molecular weight excluding hydrogens is 290 g/mol. The van der Waals surface area contributed by atoms with Crippen LogP contribution in [0.3, 0.4) is 0 Å². The van der Waals surface area contributed by atoms with Crippen molar-refractivity contribution in [2.24, 2.45) is 0 Å². The number of carbonyl (C=O) groups excluding carboxylic acids is 1. The first-order valence-corrected chi connectivity index (χ1v) is 7.93. The van der Waals surface area contributed by atoms with E-state index in [1.54, 1.807) is 24.3 Å². The molecule has 1 aromatic carbocycles. The molecule has 3 rings (SSSR count). The molecule has 1 radical (unpaired) electrons. The van der Waals surface area contributed by atoms with E-state index in [-0.39, 0.29) is 11.7 Å². The van der Waals surface area contributed by atoms with Gasteiger partial charge in [0.15, 0.2) is 0 Å². The van der Waals surface area contributed by atoms with E-state index in [4.69, 9.17) is 0 Å². The molecule has 0 unspecified atom stereocenters. The van der Waals surface area contributed by atoms with Crippen molar-refractivity contribution in [2.45, 2.75) is 13.8 Å². The van der Waals surface area contributed by atoms with Gasteiger partial charge in [-0.3, -0.25) is 9.69 Å². The number of aromatic nitrogens is 1. The molecule has 0 saturated carbocycles. The third kappa shape index (κ3) is 3.62. The highest BCUT2D eigenvalue weighted by molar-refractivity contribution is 5.95. The zero-order valence-corrected chi connectivity index (χ0v) is 13.6. The number of hydrogen-bond donors (Lipinski definition) is 1. The third-order valence-electron chi connectivity index (χ3n) is 4.09. The fraction of sp³-hybridized carbons (Fsp3) is 0.389. The predicted molar refractivity (Wildman–Crippen MR) is 90.3 cm³/mol. The summed E-state index contributed by atoms with van der Waals surface area (Å²) in [5.74, 6) is 1.58. The van der Waals surface area contributed by atoms with E-state index < -0.39 is 0 Å². The van der Waals surface area contributed by atoms with E-state index >= 15 is 0 Å². The number of nitrogens with zero attached hydrogens (tertiary/aromatic N) is 3. The van der Waals surface area contributed by atoms with Gasteiger partial charge in [-0.1, -0.05) is 19.9 Å². The Morgan fingerprint density at radius 3 is 2.57 bits per heavy atom. The Bertz CT molecular complexity index is 706. The first kappa shape index (κ1) is 15.7. The first-order chi connectivity index (χ1) is 11.0. The van der Waals surface area contributed by atoms with Crippen molar-refractivity contribution in [3.8, 4) is 5.75 Å². The zero-order valence-electron chi connectivity index (χ0n) is 13.6. The number of pyridine rings is 1. The van der Waals surface area contributed by atoms with E-state index in [1.165, 1.54) is 5.92 Å². The average molecular weight is 312 g/mol. The maximum atomic E-state index is 12.6. The van der Waals surface area contributed by atoms with Crippen LogP contribution in [0.1, 0.15) is 24.3 Å². The van der Waals surface area contributed by atoms with Crippen molar-refractivity contribution in [3.05, 3.63) is 41.9 Å². The standard InChI is InChI=1S/C18H22N3O2/c1-13(2)12-20-7-9-21(10-8-20)18(23)17-5-3-14-11-15(22)4-6-16(14)19-17/h3-6,11,22H,7-10,12H2,1-2H3. The van der Waals surface area contributed by atoms with E-state index in [2.05, 4.69) is 23.7 Å². The number of aromatic hydroxyl groups is 1. The molecule has 5 nitrogen and oxygen atoms in total. The fourth-order valence-corrected chi connectivity index (χ4v) is 2.95. The summed E-state index contributed by atoms with van der Waals surface area (Å²) >= 11 is 0. The first-order valence-electron chi connectivity index (χ1n) is 7.93. The molecule has 1 aromatic heterocycles. The summed E-state index contributed by atoms with van der Waals surface area (Å²) in [7, 11) is 0. The summed E-state index contributed by atoms with van der Waals surface area (Å²) < 4.78 is 0. The van der Waals surface area contributed by atoms with Crippen molar-refractivity contribution in [3.63, 3.8) is 0 Å². The number of rotatable bonds is 3. The zero-order chi connectivity index (χ0) is 16.4. The minimum absolute atomic E-state index is 0.0168. The molecule has 0 aliphatic carbocycles. The summed E-state index contributed by atoms with van der Waals surface area (Å²) in [5.41, 5.74) is 1.19. The topological polar surface area (TPSA) is 56.7 Å². The monoisotopic (exact) mass is 312 g/mol. The van der Waals surface area contributed by atoms with Crippen LogP contribution >= 0.6 is 0 Å². The van der Waals surface area contributed by atoms with Crippen LogP contribution in [0.4, 0.5) is 0 Å². The highest BCUT2D eigenvalue weighted by Gasteiger charge is 2.23. The molecule has 5 heteroatoms. The second-order valence-corrected chi connectivity index (χ2v) is 6.35. The quantitative estimate of drug-likeness (QED) is 0.945. The lowest BCUT2D eigenvalue weighted by Gasteiger charge is -2.35. The van der Waals surface area contributed by atoms with E-state index in [1.807, 2.05) is 11.0 Å². The second-order valence-electron chi connectivity index (χ2n) is 6.35. The Kier molecular flexibility index (Phi) is 4.48. The lowest BCUT2D eigenvalue weighted by Crippen LogP contribution is -2.49. The van der Waals surface area contributed by atoms with Crippen LogP contribution in [0.2, 0.25) is 0 Å². The molecule has 1 fully saturated rings. The third-order valence-corrected chi connectivity index (χ3v) is 4.09. The Hall–Kier alpha value is -2.14. The maximum Gasteiger partial charge on any atom is 0.272 e. The van der Waals surface area contributed by atoms with Gasteiger partial charge >= 0.3 is 0 Å². The SMILES string of the molecule is C[C](C)CN1CCN(C(=O)c2ccc3cc(O)ccc3n2)CC1. The van der Waals surface area contributed by atoms with E-state index in [0.717, 1.165) is 43.6 Å². The number of piperazine rings is 1. The fourth-order valence-electron chi connectivity index (χ4n) is 2.95. The highest BCUT2D eigenvalue weighted by atomic mass is 16.3. The number of phenolic OH excluding ortho intramolecular Hbond substituents is 1. The molecule has 2 aromatic rings. The van der Waals surface area contributed by atoms with Crippen LogP contribution in [-0.2, 0) is 0 Å². The number of hydrogen-bond acceptors (Lipinski definition) is 4. The summed E-state index contributed by atoms with van der Waals surface area (Å²) in [5, 5.41) is 10.3. The molecule has 1 amide bonds. The number of benzene rings is 1. The maximum absolute atomic E-state index is 12.6. The molecule has 0 bridgehead atoms. The van der Waals surface area contributed by atoms with Crippen LogP contribution in [0.15, 0.2) is 30.3 Å². The van der Waals surface area contributed by atoms with Crippen LogP contribution in [-0.4, -0.2) is 58.5 Å². The molecule has 121 valence electrons. The molecule has 1 aliphatic heterocycles. The number of fused-ring (bicyclic) bond motifs is 1. The number of carbonyl (C=O) groups is 1. The van der Waals surface area contributed by atoms with E-state index in [9.17, 15) is 9.90 Å². The van der Waals surface area contributed by atoms with Gasteiger partial charge in [-0.2, -0.15) is 0 Å². The highest BCUT2D eigenvalue weighted by Crippen LogP contribution is 2.19. The minimum Gasteiger partial charge on any atom is -0.508 e. The van der Waals surface area contributed by atoms with Crippen molar-refractivity contribution < 1.29 is 9.90 Å². The smallest absolute Gasteiger partial charge is 0.272 e. The Morgan fingerprint density at radius 2 is 1.87 bits per heavy atom.